The fraction of sp³-hybridized carbons (Fsp3) is 0.462. The van der Waals surface area contributed by atoms with E-state index in [0.717, 1.165) is 25.1 Å². The number of piperidine rings is 1. The van der Waals surface area contributed by atoms with E-state index in [1.165, 1.54) is 12.1 Å². The molecule has 2 aliphatic heterocycles. The van der Waals surface area contributed by atoms with Crippen LogP contribution in [0.25, 0.3) is 0 Å². The quantitative estimate of drug-likeness (QED) is 0.643. The molecular weight excluding hydrogens is 246 g/mol. The molecule has 0 unspecified atom stereocenters. The zero-order chi connectivity index (χ0) is 13.5. The number of amides is 1. The number of carbonyl (C=O) groups excluding carboxylic acids is 1. The molecule has 0 atom stereocenters. The van der Waals surface area contributed by atoms with Crippen LogP contribution in [0.4, 0.5) is 11.4 Å². The van der Waals surface area contributed by atoms with Crippen molar-refractivity contribution < 1.29 is 9.72 Å². The smallest absolute Gasteiger partial charge is 0.269 e. The summed E-state index contributed by atoms with van der Waals surface area (Å²) in [7, 11) is 0. The van der Waals surface area contributed by atoms with E-state index < -0.39 is 4.92 Å². The van der Waals surface area contributed by atoms with Gasteiger partial charge in [-0.2, -0.15) is 0 Å². The van der Waals surface area contributed by atoms with Gasteiger partial charge in [0.05, 0.1) is 10.3 Å². The number of nitro benzene ring substituents is 1. The Morgan fingerprint density at radius 2 is 1.95 bits per heavy atom. The highest BCUT2D eigenvalue weighted by molar-refractivity contribution is 5.86. The number of nitro groups is 1. The van der Waals surface area contributed by atoms with E-state index in [0.29, 0.717) is 13.1 Å². The average molecular weight is 261 g/mol. The number of nitrogens with zero attached hydrogens (tertiary/aromatic N) is 2. The van der Waals surface area contributed by atoms with Crippen LogP contribution in [0, 0.1) is 15.5 Å². The predicted octanol–water partition coefficient (Wildman–Crippen LogP) is 1.31. The fourth-order valence-corrected chi connectivity index (χ4v) is 2.88. The highest BCUT2D eigenvalue weighted by atomic mass is 16.6. The second-order valence-electron chi connectivity index (χ2n) is 5.27. The fourth-order valence-electron chi connectivity index (χ4n) is 2.88. The Kier molecular flexibility index (Phi) is 2.66. The molecular formula is C13H15N3O3. The lowest BCUT2D eigenvalue weighted by molar-refractivity contribution is -0.384. The molecule has 0 bridgehead atoms. The van der Waals surface area contributed by atoms with E-state index in [2.05, 4.69) is 10.2 Å². The van der Waals surface area contributed by atoms with Crippen molar-refractivity contribution in [2.45, 2.75) is 12.8 Å². The lowest BCUT2D eigenvalue weighted by Gasteiger charge is -2.51. The van der Waals surface area contributed by atoms with Gasteiger partial charge in [-0.25, -0.2) is 0 Å². The van der Waals surface area contributed by atoms with Crippen LogP contribution in [0.15, 0.2) is 24.3 Å². The number of benzene rings is 1. The minimum absolute atomic E-state index is 0.0920. The maximum atomic E-state index is 11.9. The molecule has 0 aliphatic carbocycles. The van der Waals surface area contributed by atoms with E-state index in [4.69, 9.17) is 0 Å². The van der Waals surface area contributed by atoms with Crippen LogP contribution in [0.5, 0.6) is 0 Å². The minimum atomic E-state index is -0.407. The van der Waals surface area contributed by atoms with Crippen LogP contribution in [-0.2, 0) is 4.79 Å². The molecule has 1 aromatic carbocycles. The molecule has 0 aromatic heterocycles. The summed E-state index contributed by atoms with van der Waals surface area (Å²) >= 11 is 0. The standard InChI is InChI=1S/C13H15N3O3/c17-12-13(6-1-7-14-12)8-15(9-13)10-2-4-11(5-3-10)16(18)19/h2-5H,1,6-9H2,(H,14,17). The Balaban J connectivity index is 1.70. The predicted molar refractivity (Wildman–Crippen MR) is 70.0 cm³/mol. The molecule has 100 valence electrons. The second kappa shape index (κ2) is 4.22. The summed E-state index contributed by atoms with van der Waals surface area (Å²) in [6, 6.07) is 6.49. The van der Waals surface area contributed by atoms with Crippen molar-refractivity contribution in [3.05, 3.63) is 34.4 Å². The van der Waals surface area contributed by atoms with Gasteiger partial charge in [0.1, 0.15) is 0 Å². The molecule has 2 aliphatic rings. The maximum absolute atomic E-state index is 11.9. The molecule has 2 saturated heterocycles. The van der Waals surface area contributed by atoms with Gasteiger partial charge in [0.25, 0.3) is 5.69 Å². The van der Waals surface area contributed by atoms with Crippen LogP contribution >= 0.6 is 0 Å². The van der Waals surface area contributed by atoms with Gasteiger partial charge in [-0.15, -0.1) is 0 Å². The first-order chi connectivity index (χ1) is 9.11. The van der Waals surface area contributed by atoms with Gasteiger partial charge < -0.3 is 10.2 Å². The molecule has 1 amide bonds. The summed E-state index contributed by atoms with van der Waals surface area (Å²) in [5.74, 6) is 0.150. The monoisotopic (exact) mass is 261 g/mol. The van der Waals surface area contributed by atoms with Gasteiger partial charge in [-0.05, 0) is 25.0 Å². The number of hydrogen-bond acceptors (Lipinski definition) is 4. The van der Waals surface area contributed by atoms with Gasteiger partial charge in [-0.1, -0.05) is 0 Å². The Bertz CT molecular complexity index is 520. The Hall–Kier alpha value is -2.11. The van der Waals surface area contributed by atoms with Gasteiger partial charge >= 0.3 is 0 Å². The van der Waals surface area contributed by atoms with E-state index in [9.17, 15) is 14.9 Å². The van der Waals surface area contributed by atoms with E-state index in [-0.39, 0.29) is 17.0 Å². The van der Waals surface area contributed by atoms with Crippen molar-refractivity contribution >= 4 is 17.3 Å². The van der Waals surface area contributed by atoms with Gasteiger partial charge in [-0.3, -0.25) is 14.9 Å². The number of rotatable bonds is 2. The molecule has 19 heavy (non-hydrogen) atoms. The number of anilines is 1. The first-order valence-electron chi connectivity index (χ1n) is 6.38. The Labute approximate surface area is 110 Å². The molecule has 6 nitrogen and oxygen atoms in total. The number of non-ortho nitro benzene ring substituents is 1. The minimum Gasteiger partial charge on any atom is -0.369 e. The molecule has 1 spiro atoms. The zero-order valence-electron chi connectivity index (χ0n) is 10.5. The maximum Gasteiger partial charge on any atom is 0.269 e. The van der Waals surface area contributed by atoms with Crippen LogP contribution in [0.1, 0.15) is 12.8 Å². The van der Waals surface area contributed by atoms with Crippen LogP contribution in [0.2, 0.25) is 0 Å². The molecule has 6 heteroatoms. The van der Waals surface area contributed by atoms with Crippen molar-refractivity contribution in [1.29, 1.82) is 0 Å². The first kappa shape index (κ1) is 12.0. The van der Waals surface area contributed by atoms with E-state index in [1.54, 1.807) is 12.1 Å². The van der Waals surface area contributed by atoms with Crippen molar-refractivity contribution in [3.8, 4) is 0 Å². The Morgan fingerprint density at radius 3 is 2.53 bits per heavy atom. The molecule has 0 saturated carbocycles. The van der Waals surface area contributed by atoms with Crippen molar-refractivity contribution in [3.63, 3.8) is 0 Å². The van der Waals surface area contributed by atoms with E-state index >= 15 is 0 Å². The number of hydrogen-bond donors (Lipinski definition) is 1. The molecule has 2 fully saturated rings. The summed E-state index contributed by atoms with van der Waals surface area (Å²) in [6.45, 7) is 2.19. The SMILES string of the molecule is O=C1NCCCC12CN(c1ccc([N+](=O)[O-])cc1)C2. The van der Waals surface area contributed by atoms with Crippen molar-refractivity contribution in [2.24, 2.45) is 5.41 Å². The van der Waals surface area contributed by atoms with Crippen LogP contribution in [0.3, 0.4) is 0 Å². The van der Waals surface area contributed by atoms with Gasteiger partial charge in [0.2, 0.25) is 5.91 Å². The van der Waals surface area contributed by atoms with Gasteiger partial charge in [0.15, 0.2) is 0 Å². The highest BCUT2D eigenvalue weighted by Gasteiger charge is 2.50. The third kappa shape index (κ3) is 1.93. The average Bonchev–Trinajstić information content (AvgIpc) is 2.37. The number of carbonyl (C=O) groups is 1. The number of nitrogens with one attached hydrogen (secondary N) is 1. The summed E-state index contributed by atoms with van der Waals surface area (Å²) in [4.78, 5) is 24.2. The highest BCUT2D eigenvalue weighted by Crippen LogP contribution is 2.40. The zero-order valence-corrected chi connectivity index (χ0v) is 10.5. The summed E-state index contributed by atoms with van der Waals surface area (Å²) in [6.07, 6.45) is 1.96. The lowest BCUT2D eigenvalue weighted by Crippen LogP contribution is -2.65. The third-order valence-electron chi connectivity index (χ3n) is 4.01. The van der Waals surface area contributed by atoms with Crippen molar-refractivity contribution in [1.82, 2.24) is 5.32 Å². The molecule has 3 rings (SSSR count). The Morgan fingerprint density at radius 1 is 1.26 bits per heavy atom. The summed E-state index contributed by atoms with van der Waals surface area (Å²) in [5.41, 5.74) is 0.795. The molecule has 1 aromatic rings. The van der Waals surface area contributed by atoms with Gasteiger partial charge in [0, 0.05) is 37.5 Å². The first-order valence-corrected chi connectivity index (χ1v) is 6.38. The largest absolute Gasteiger partial charge is 0.369 e. The molecule has 1 N–H and O–H groups in total. The second-order valence-corrected chi connectivity index (χ2v) is 5.27. The van der Waals surface area contributed by atoms with Crippen molar-refractivity contribution in [2.75, 3.05) is 24.5 Å². The third-order valence-corrected chi connectivity index (χ3v) is 4.01. The topological polar surface area (TPSA) is 75.5 Å². The molecule has 2 heterocycles. The van der Waals surface area contributed by atoms with Crippen LogP contribution < -0.4 is 10.2 Å². The van der Waals surface area contributed by atoms with Crippen LogP contribution in [-0.4, -0.2) is 30.5 Å². The molecule has 0 radical (unpaired) electrons. The summed E-state index contributed by atoms with van der Waals surface area (Å²) < 4.78 is 0. The lowest BCUT2D eigenvalue weighted by atomic mass is 9.73. The normalized spacial score (nSPS) is 20.8. The summed E-state index contributed by atoms with van der Waals surface area (Å²) in [5, 5.41) is 13.5. The van der Waals surface area contributed by atoms with E-state index in [1.807, 2.05) is 0 Å².